The van der Waals surface area contributed by atoms with Crippen molar-refractivity contribution in [2.24, 2.45) is 10.6 Å². The molecule has 0 aliphatic rings. The summed E-state index contributed by atoms with van der Waals surface area (Å²) < 4.78 is 5.50. The van der Waals surface area contributed by atoms with Crippen LogP contribution in [0.3, 0.4) is 0 Å². The van der Waals surface area contributed by atoms with Crippen LogP contribution in [0.5, 0.6) is 0 Å². The van der Waals surface area contributed by atoms with Crippen molar-refractivity contribution in [1.82, 2.24) is 0 Å². The van der Waals surface area contributed by atoms with E-state index < -0.39 is 5.97 Å². The van der Waals surface area contributed by atoms with Crippen LogP contribution >= 0.6 is 22.6 Å². The minimum atomic E-state index is -0.419. The van der Waals surface area contributed by atoms with Crippen molar-refractivity contribution in [1.29, 1.82) is 0 Å². The molecule has 22 heavy (non-hydrogen) atoms. The van der Waals surface area contributed by atoms with Crippen molar-refractivity contribution in [2.75, 3.05) is 18.1 Å². The molecule has 0 aliphatic carbocycles. The van der Waals surface area contributed by atoms with Gasteiger partial charge >= 0.3 is 5.97 Å². The first kappa shape index (κ1) is 18.9. The molecule has 5 heteroatoms. The summed E-state index contributed by atoms with van der Waals surface area (Å²) in [6.45, 7) is 4.00. The molecule has 0 saturated carbocycles. The molecule has 4 nitrogen and oxygen atoms in total. The predicted molar refractivity (Wildman–Crippen MR) is 97.5 cm³/mol. The minimum Gasteiger partial charge on any atom is -0.466 e. The third-order valence-corrected chi connectivity index (χ3v) is 5.51. The van der Waals surface area contributed by atoms with Crippen LogP contribution in [0.15, 0.2) is 35.5 Å². The number of benzene rings is 1. The number of carbonyl (C=O) groups is 1. The normalized spacial score (nSPS) is 14.3. The second kappa shape index (κ2) is 9.82. The van der Waals surface area contributed by atoms with E-state index in [0.29, 0.717) is 0 Å². The van der Waals surface area contributed by atoms with E-state index in [2.05, 4.69) is 63.7 Å². The van der Waals surface area contributed by atoms with Crippen LogP contribution in [0.2, 0.25) is 0 Å². The van der Waals surface area contributed by atoms with E-state index in [0.717, 1.165) is 29.4 Å². The van der Waals surface area contributed by atoms with E-state index in [-0.39, 0.29) is 12.0 Å². The van der Waals surface area contributed by atoms with Crippen LogP contribution in [0.25, 0.3) is 0 Å². The highest BCUT2D eigenvalue weighted by Gasteiger charge is 2.30. The maximum absolute atomic E-state index is 11.1. The zero-order valence-electron chi connectivity index (χ0n) is 13.5. The molecule has 0 amide bonds. The average Bonchev–Trinajstić information content (AvgIpc) is 2.57. The van der Waals surface area contributed by atoms with Crippen LogP contribution in [-0.4, -0.2) is 29.8 Å². The molecule has 0 heterocycles. The smallest absolute Gasteiger partial charge is 0.346 e. The predicted octanol–water partition coefficient (Wildman–Crippen LogP) is 4.02. The first-order chi connectivity index (χ1) is 10.6. The molecule has 0 fully saturated rings. The number of oxime groups is 1. The zero-order chi connectivity index (χ0) is 16.4. The first-order valence-corrected chi connectivity index (χ1v) is 8.94. The number of carbonyl (C=O) groups excluding carboxylic acids is 1. The van der Waals surface area contributed by atoms with Crippen LogP contribution in [0.4, 0.5) is 0 Å². The summed E-state index contributed by atoms with van der Waals surface area (Å²) in [7, 11) is 1.34. The van der Waals surface area contributed by atoms with E-state index in [1.54, 1.807) is 0 Å². The molecular weight excluding hydrogens is 393 g/mol. The van der Waals surface area contributed by atoms with Crippen molar-refractivity contribution < 1.29 is 14.4 Å². The molecule has 1 aromatic rings. The van der Waals surface area contributed by atoms with Gasteiger partial charge in [0.25, 0.3) is 0 Å². The molecule has 0 aliphatic heterocycles. The third-order valence-electron chi connectivity index (χ3n) is 4.05. The van der Waals surface area contributed by atoms with Gasteiger partial charge in [-0.15, -0.1) is 0 Å². The highest BCUT2D eigenvalue weighted by molar-refractivity contribution is 14.1. The van der Waals surface area contributed by atoms with Crippen LogP contribution < -0.4 is 0 Å². The molecule has 0 saturated heterocycles. The van der Waals surface area contributed by atoms with Gasteiger partial charge in [-0.2, -0.15) is 0 Å². The summed E-state index contributed by atoms with van der Waals surface area (Å²) in [6.07, 6.45) is 2.99. The minimum absolute atomic E-state index is 0.00742. The van der Waals surface area contributed by atoms with Crippen LogP contribution in [-0.2, 0) is 20.8 Å². The van der Waals surface area contributed by atoms with Gasteiger partial charge in [-0.3, -0.25) is 0 Å². The molecule has 1 aromatic carbocycles. The van der Waals surface area contributed by atoms with Crippen molar-refractivity contribution in [2.45, 2.75) is 33.1 Å². The van der Waals surface area contributed by atoms with Crippen molar-refractivity contribution in [3.05, 3.63) is 35.9 Å². The zero-order valence-corrected chi connectivity index (χ0v) is 15.6. The number of nitrogens with zero attached hydrogens (tertiary/aromatic N) is 1. The van der Waals surface area contributed by atoms with E-state index in [1.165, 1.54) is 12.7 Å². The molecule has 0 radical (unpaired) electrons. The monoisotopic (exact) mass is 417 g/mol. The Morgan fingerprint density at radius 3 is 2.55 bits per heavy atom. The van der Waals surface area contributed by atoms with Gasteiger partial charge in [0, 0.05) is 9.84 Å². The maximum Gasteiger partial charge on any atom is 0.346 e. The van der Waals surface area contributed by atoms with Crippen molar-refractivity contribution in [3.63, 3.8) is 0 Å². The quantitative estimate of drug-likeness (QED) is 0.201. The van der Waals surface area contributed by atoms with Gasteiger partial charge in [-0.05, 0) is 31.7 Å². The van der Waals surface area contributed by atoms with E-state index in [1.807, 2.05) is 13.0 Å². The van der Waals surface area contributed by atoms with Gasteiger partial charge in [-0.25, -0.2) is 4.79 Å². The summed E-state index contributed by atoms with van der Waals surface area (Å²) in [6, 6.07) is 10.4. The van der Waals surface area contributed by atoms with Crippen LogP contribution in [0.1, 0.15) is 32.3 Å². The second-order valence-corrected chi connectivity index (χ2v) is 6.04. The second-order valence-electron chi connectivity index (χ2n) is 5.28. The number of aryl methyl sites for hydroxylation is 1. The first-order valence-electron chi connectivity index (χ1n) is 7.41. The Morgan fingerprint density at radius 2 is 2.00 bits per heavy atom. The highest BCUT2D eigenvalue weighted by atomic mass is 127. The Labute approximate surface area is 146 Å². The number of hydrogen-bond donors (Lipinski definition) is 0. The fourth-order valence-corrected chi connectivity index (χ4v) is 3.71. The van der Waals surface area contributed by atoms with Gasteiger partial charge in [-0.1, -0.05) is 65.0 Å². The lowest BCUT2D eigenvalue weighted by Gasteiger charge is -2.30. The summed E-state index contributed by atoms with van der Waals surface area (Å²) in [5.41, 5.74) is 2.25. The van der Waals surface area contributed by atoms with Gasteiger partial charge < -0.3 is 9.57 Å². The molecule has 0 spiro atoms. The number of methoxy groups -OCH3 is 1. The van der Waals surface area contributed by atoms with Crippen LogP contribution in [0, 0.1) is 5.41 Å². The largest absolute Gasteiger partial charge is 0.466 e. The van der Waals surface area contributed by atoms with Crippen molar-refractivity contribution in [3.8, 4) is 0 Å². The molecule has 0 N–H and O–H groups in total. The molecular formula is C17H24INO3. The van der Waals surface area contributed by atoms with E-state index in [4.69, 9.17) is 4.84 Å². The lowest BCUT2D eigenvalue weighted by Crippen LogP contribution is -2.31. The number of halogens is 1. The third kappa shape index (κ3) is 5.59. The molecule has 0 bridgehead atoms. The number of alkyl halides is 1. The lowest BCUT2D eigenvalue weighted by atomic mass is 9.78. The number of hydrogen-bond acceptors (Lipinski definition) is 4. The highest BCUT2D eigenvalue weighted by Crippen LogP contribution is 2.33. The number of rotatable bonds is 9. The summed E-state index contributed by atoms with van der Waals surface area (Å²) in [5.74, 6) is -0.419. The molecule has 1 unspecified atom stereocenters. The standard InChI is InChI=1S/C17H24INO3/c1-4-17(13-18,11-10-15-8-6-5-7-9-15)14(2)19-22-12-16(20)21-3/h5-9H,4,10-13H2,1-3H3/b19-14-. The topological polar surface area (TPSA) is 47.9 Å². The Kier molecular flexibility index (Phi) is 8.45. The Bertz CT molecular complexity index is 484. The van der Waals surface area contributed by atoms with Gasteiger partial charge in [0.1, 0.15) is 0 Å². The Hall–Kier alpha value is -1.11. The fourth-order valence-electron chi connectivity index (χ4n) is 2.24. The van der Waals surface area contributed by atoms with E-state index >= 15 is 0 Å². The molecule has 122 valence electrons. The van der Waals surface area contributed by atoms with Gasteiger partial charge in [0.05, 0.1) is 12.8 Å². The Balaban J connectivity index is 2.71. The average molecular weight is 417 g/mol. The summed E-state index contributed by atoms with van der Waals surface area (Å²) in [4.78, 5) is 16.2. The molecule has 1 rings (SSSR count). The molecule has 0 aromatic heterocycles. The SMILES string of the molecule is CCC(CI)(CCc1ccccc1)/C(C)=N\OCC(=O)OC. The number of esters is 1. The van der Waals surface area contributed by atoms with Gasteiger partial charge in [0.2, 0.25) is 6.61 Å². The lowest BCUT2D eigenvalue weighted by molar-refractivity contribution is -0.145. The summed E-state index contributed by atoms with van der Waals surface area (Å²) >= 11 is 2.40. The molecule has 1 atom stereocenters. The fraction of sp³-hybridized carbons (Fsp3) is 0.529. The maximum atomic E-state index is 11.1. The number of ether oxygens (including phenoxy) is 1. The van der Waals surface area contributed by atoms with Gasteiger partial charge in [0.15, 0.2) is 0 Å². The summed E-state index contributed by atoms with van der Waals surface area (Å²) in [5, 5.41) is 4.15. The van der Waals surface area contributed by atoms with Crippen molar-refractivity contribution >= 4 is 34.3 Å². The van der Waals surface area contributed by atoms with E-state index in [9.17, 15) is 4.79 Å². The Morgan fingerprint density at radius 1 is 1.32 bits per heavy atom.